The molecule has 1 rings (SSSR count). The summed E-state index contributed by atoms with van der Waals surface area (Å²) in [6.45, 7) is 0. The van der Waals surface area contributed by atoms with Gasteiger partial charge >= 0.3 is 13.1 Å². The molecule has 1 unspecified atom stereocenters. The van der Waals surface area contributed by atoms with Gasteiger partial charge in [0.05, 0.1) is 18.5 Å². The molecule has 0 bridgehead atoms. The number of halogens is 1. The van der Waals surface area contributed by atoms with Crippen LogP contribution >= 0.6 is 11.6 Å². The highest BCUT2D eigenvalue weighted by molar-refractivity contribution is 6.45. The van der Waals surface area contributed by atoms with Crippen molar-refractivity contribution in [2.75, 3.05) is 6.00 Å². The summed E-state index contributed by atoms with van der Waals surface area (Å²) in [5, 5.41) is 20.8. The van der Waals surface area contributed by atoms with E-state index in [0.29, 0.717) is 12.8 Å². The minimum Gasteiger partial charge on any atom is -0.481 e. The molecule has 0 aromatic rings. The maximum Gasteiger partial charge on any atom is 0.472 e. The van der Waals surface area contributed by atoms with Gasteiger partial charge in [-0.15, -0.1) is 11.6 Å². The van der Waals surface area contributed by atoms with Gasteiger partial charge in [0.15, 0.2) is 0 Å². The summed E-state index contributed by atoms with van der Waals surface area (Å²) in [4.78, 5) is 10.4. The van der Waals surface area contributed by atoms with E-state index in [2.05, 4.69) is 5.32 Å². The van der Waals surface area contributed by atoms with Crippen molar-refractivity contribution >= 4 is 24.7 Å². The second-order valence-electron chi connectivity index (χ2n) is 3.27. The predicted molar refractivity (Wildman–Crippen MR) is 52.0 cm³/mol. The molecule has 2 atom stereocenters. The average Bonchev–Trinajstić information content (AvgIpc) is 2.09. The Morgan fingerprint density at radius 3 is 2.86 bits per heavy atom. The van der Waals surface area contributed by atoms with Gasteiger partial charge in [-0.2, -0.15) is 0 Å². The summed E-state index contributed by atoms with van der Waals surface area (Å²) in [5.41, 5.74) is 0. The zero-order chi connectivity index (χ0) is 10.6. The van der Waals surface area contributed by atoms with Gasteiger partial charge in [-0.25, -0.2) is 0 Å². The fourth-order valence-corrected chi connectivity index (χ4v) is 1.71. The Hall–Kier alpha value is -0.295. The Kier molecular flexibility index (Phi) is 4.67. The minimum atomic E-state index is -0.966. The van der Waals surface area contributed by atoms with Crippen molar-refractivity contribution in [1.29, 1.82) is 0 Å². The highest BCUT2D eigenvalue weighted by Crippen LogP contribution is 2.18. The highest BCUT2D eigenvalue weighted by atomic mass is 35.5. The maximum absolute atomic E-state index is 10.4. The normalized spacial score (nSPS) is 27.7. The number of nitrogens with one attached hydrogen (secondary N) is 1. The Balaban J connectivity index is 2.34. The van der Waals surface area contributed by atoms with Gasteiger partial charge in [0.1, 0.15) is 0 Å². The van der Waals surface area contributed by atoms with Gasteiger partial charge < -0.3 is 20.1 Å². The largest absolute Gasteiger partial charge is 0.481 e. The molecule has 1 saturated heterocycles. The molecule has 7 heteroatoms. The van der Waals surface area contributed by atoms with E-state index < -0.39 is 19.2 Å². The zero-order valence-corrected chi connectivity index (χ0v) is 8.41. The summed E-state index contributed by atoms with van der Waals surface area (Å²) in [7, 11) is -0.966. The van der Waals surface area contributed by atoms with Crippen molar-refractivity contribution in [3.05, 3.63) is 0 Å². The molecule has 1 aliphatic heterocycles. The van der Waals surface area contributed by atoms with E-state index >= 15 is 0 Å². The lowest BCUT2D eigenvalue weighted by molar-refractivity contribution is -0.139. The Morgan fingerprint density at radius 2 is 2.36 bits per heavy atom. The number of aliphatic carboxylic acids is 1. The summed E-state index contributed by atoms with van der Waals surface area (Å²) in [6.07, 6.45) is 0.838. The fourth-order valence-electron chi connectivity index (χ4n) is 1.52. The van der Waals surface area contributed by atoms with Crippen molar-refractivity contribution in [2.45, 2.75) is 31.3 Å². The van der Waals surface area contributed by atoms with Crippen LogP contribution in [-0.4, -0.2) is 41.3 Å². The third-order valence-corrected chi connectivity index (χ3v) is 2.37. The lowest BCUT2D eigenvalue weighted by Gasteiger charge is -2.30. The Labute approximate surface area is 87.5 Å². The van der Waals surface area contributed by atoms with Crippen LogP contribution in [0.1, 0.15) is 19.3 Å². The van der Waals surface area contributed by atoms with Crippen LogP contribution < -0.4 is 5.32 Å². The van der Waals surface area contributed by atoms with E-state index in [1.54, 1.807) is 0 Å². The van der Waals surface area contributed by atoms with Gasteiger partial charge in [0.2, 0.25) is 0 Å². The van der Waals surface area contributed by atoms with Crippen molar-refractivity contribution in [3.8, 4) is 0 Å². The lowest BCUT2D eigenvalue weighted by atomic mass is 9.72. The molecular formula is C7H13BClNO4. The smallest absolute Gasteiger partial charge is 0.472 e. The van der Waals surface area contributed by atoms with E-state index in [9.17, 15) is 9.82 Å². The average molecular weight is 221 g/mol. The molecule has 0 spiro atoms. The summed E-state index contributed by atoms with van der Waals surface area (Å²) in [6, 6.07) is 0.245. The number of hydrogen-bond acceptors (Lipinski definition) is 4. The maximum atomic E-state index is 10.4. The molecule has 14 heavy (non-hydrogen) atoms. The van der Waals surface area contributed by atoms with E-state index in [4.69, 9.17) is 21.4 Å². The molecule has 0 aliphatic carbocycles. The van der Waals surface area contributed by atoms with Crippen LogP contribution in [0.3, 0.4) is 0 Å². The molecular weight excluding hydrogens is 208 g/mol. The van der Waals surface area contributed by atoms with Gasteiger partial charge in [0.25, 0.3) is 0 Å². The molecule has 5 nitrogen and oxygen atoms in total. The number of rotatable bonds is 4. The molecule has 0 radical (unpaired) electrons. The molecule has 3 N–H and O–H groups in total. The molecule has 1 aliphatic rings. The first kappa shape index (κ1) is 11.8. The second-order valence-corrected chi connectivity index (χ2v) is 3.54. The molecule has 0 aromatic carbocycles. The van der Waals surface area contributed by atoms with Crippen LogP contribution in [0.2, 0.25) is 0 Å². The van der Waals surface area contributed by atoms with Gasteiger partial charge in [-0.05, 0) is 12.8 Å². The Bertz CT molecular complexity index is 206. The molecule has 0 saturated carbocycles. The van der Waals surface area contributed by atoms with Crippen LogP contribution in [0.4, 0.5) is 0 Å². The molecule has 80 valence electrons. The second kappa shape index (κ2) is 5.55. The third-order valence-electron chi connectivity index (χ3n) is 2.22. The van der Waals surface area contributed by atoms with Gasteiger partial charge in [-0.3, -0.25) is 4.79 Å². The number of hydrogen-bond donors (Lipinski definition) is 3. The van der Waals surface area contributed by atoms with Gasteiger partial charge in [0, 0.05) is 5.94 Å². The monoisotopic (exact) mass is 221 g/mol. The SMILES string of the molecule is O=C(O)CC1CC[C@H](NCCl)B(O)O1. The van der Waals surface area contributed by atoms with Crippen LogP contribution in [0, 0.1) is 0 Å². The molecule has 1 heterocycles. The molecule has 0 aromatic heterocycles. The minimum absolute atomic E-state index is 0.0648. The number of carboxylic acid groups (broad SMARTS) is 1. The summed E-state index contributed by atoms with van der Waals surface area (Å²) >= 11 is 5.45. The first-order chi connectivity index (χ1) is 6.63. The zero-order valence-electron chi connectivity index (χ0n) is 7.65. The van der Waals surface area contributed by atoms with Crippen LogP contribution in [0.5, 0.6) is 0 Å². The number of alkyl halides is 1. The summed E-state index contributed by atoms with van der Waals surface area (Å²) < 4.78 is 5.12. The van der Waals surface area contributed by atoms with Crippen molar-refractivity contribution < 1.29 is 19.6 Å². The fraction of sp³-hybridized carbons (Fsp3) is 0.857. The molecule has 0 amide bonds. The van der Waals surface area contributed by atoms with Gasteiger partial charge in [-0.1, -0.05) is 0 Å². The quantitative estimate of drug-likeness (QED) is 0.348. The molecule has 1 fully saturated rings. The van der Waals surface area contributed by atoms with Crippen LogP contribution in [0.15, 0.2) is 0 Å². The van der Waals surface area contributed by atoms with Crippen molar-refractivity contribution in [1.82, 2.24) is 5.32 Å². The van der Waals surface area contributed by atoms with Crippen LogP contribution in [0.25, 0.3) is 0 Å². The summed E-state index contributed by atoms with van der Waals surface area (Å²) in [5.74, 6) is -1.11. The van der Waals surface area contributed by atoms with Crippen LogP contribution in [-0.2, 0) is 9.45 Å². The first-order valence-corrected chi connectivity index (χ1v) is 5.01. The highest BCUT2D eigenvalue weighted by Gasteiger charge is 2.35. The van der Waals surface area contributed by atoms with E-state index in [-0.39, 0.29) is 18.4 Å². The standard InChI is InChI=1S/C7H13BClNO4/c9-4-10-6-2-1-5(3-7(11)12)14-8(6)13/h5-6,10,13H,1-4H2,(H,11,12)/t5?,6-/m0/s1. The van der Waals surface area contributed by atoms with Crippen molar-refractivity contribution in [3.63, 3.8) is 0 Å². The Morgan fingerprint density at radius 1 is 1.64 bits per heavy atom. The van der Waals surface area contributed by atoms with Crippen molar-refractivity contribution in [2.24, 2.45) is 0 Å². The van der Waals surface area contributed by atoms with E-state index in [0.717, 1.165) is 0 Å². The van der Waals surface area contributed by atoms with E-state index in [1.807, 2.05) is 0 Å². The van der Waals surface area contributed by atoms with E-state index in [1.165, 1.54) is 0 Å². The predicted octanol–water partition coefficient (Wildman–Crippen LogP) is -0.186. The first-order valence-electron chi connectivity index (χ1n) is 4.48. The number of carbonyl (C=O) groups is 1. The lowest BCUT2D eigenvalue weighted by Crippen LogP contribution is -2.50. The topological polar surface area (TPSA) is 78.8 Å². The number of carboxylic acids is 1. The third kappa shape index (κ3) is 3.45.